The summed E-state index contributed by atoms with van der Waals surface area (Å²) in [5, 5.41) is 9.81. The highest BCUT2D eigenvalue weighted by molar-refractivity contribution is 6.30. The van der Waals surface area contributed by atoms with Crippen molar-refractivity contribution in [1.29, 1.82) is 5.26 Å². The van der Waals surface area contributed by atoms with Gasteiger partial charge in [0.15, 0.2) is 0 Å². The molecule has 1 fully saturated rings. The molecule has 0 bridgehead atoms. The van der Waals surface area contributed by atoms with E-state index in [1.165, 1.54) is 0 Å². The summed E-state index contributed by atoms with van der Waals surface area (Å²) in [4.78, 5) is 16.9. The van der Waals surface area contributed by atoms with Gasteiger partial charge in [-0.05, 0) is 36.2 Å². The quantitative estimate of drug-likeness (QED) is 0.847. The average molecular weight is 354 g/mol. The third kappa shape index (κ3) is 4.39. The number of hydrogen-bond donors (Lipinski definition) is 0. The Labute approximate surface area is 153 Å². The summed E-state index contributed by atoms with van der Waals surface area (Å²) >= 11 is 6.00. The molecule has 4 nitrogen and oxygen atoms in total. The van der Waals surface area contributed by atoms with Crippen molar-refractivity contribution in [2.45, 2.75) is 13.0 Å². The number of hydrogen-bond acceptors (Lipinski definition) is 3. The molecule has 2 aromatic carbocycles. The lowest BCUT2D eigenvalue weighted by Crippen LogP contribution is -2.35. The van der Waals surface area contributed by atoms with E-state index in [2.05, 4.69) is 11.0 Å². The van der Waals surface area contributed by atoms with Gasteiger partial charge in [0.05, 0.1) is 11.6 Å². The van der Waals surface area contributed by atoms with E-state index >= 15 is 0 Å². The number of carbonyl (C=O) groups excluding carboxylic acids is 1. The van der Waals surface area contributed by atoms with E-state index in [1.807, 2.05) is 29.2 Å². The fourth-order valence-corrected chi connectivity index (χ4v) is 3.33. The van der Waals surface area contributed by atoms with Crippen molar-refractivity contribution in [3.63, 3.8) is 0 Å². The molecule has 1 saturated heterocycles. The average Bonchev–Trinajstić information content (AvgIpc) is 2.87. The number of amides is 1. The fourth-order valence-electron chi connectivity index (χ4n) is 3.14. The van der Waals surface area contributed by atoms with Gasteiger partial charge < -0.3 is 4.90 Å². The Morgan fingerprint density at radius 1 is 1.08 bits per heavy atom. The predicted molar refractivity (Wildman–Crippen MR) is 98.4 cm³/mol. The third-order valence-corrected chi connectivity index (χ3v) is 4.71. The summed E-state index contributed by atoms with van der Waals surface area (Å²) in [6.45, 7) is 3.87. The number of carbonyl (C=O) groups is 1. The molecule has 0 saturated carbocycles. The van der Waals surface area contributed by atoms with Gasteiger partial charge in [0.1, 0.15) is 0 Å². The molecule has 1 aliphatic rings. The van der Waals surface area contributed by atoms with Crippen LogP contribution in [-0.4, -0.2) is 41.9 Å². The van der Waals surface area contributed by atoms with Crippen LogP contribution in [0.3, 0.4) is 0 Å². The summed E-state index contributed by atoms with van der Waals surface area (Å²) in [5.74, 6) is 0.0294. The van der Waals surface area contributed by atoms with Crippen LogP contribution >= 0.6 is 11.6 Å². The highest BCUT2D eigenvalue weighted by atomic mass is 35.5. The first-order valence-electron chi connectivity index (χ1n) is 8.42. The summed E-state index contributed by atoms with van der Waals surface area (Å²) in [6, 6.07) is 17.0. The van der Waals surface area contributed by atoms with E-state index in [0.717, 1.165) is 43.7 Å². The van der Waals surface area contributed by atoms with Crippen LogP contribution in [0.4, 0.5) is 0 Å². The Balaban J connectivity index is 1.64. The van der Waals surface area contributed by atoms with E-state index in [1.54, 1.807) is 24.3 Å². The Morgan fingerprint density at radius 3 is 2.72 bits per heavy atom. The normalized spacial score (nSPS) is 15.4. The van der Waals surface area contributed by atoms with Gasteiger partial charge in [-0.3, -0.25) is 9.69 Å². The third-order valence-electron chi connectivity index (χ3n) is 4.48. The molecule has 1 heterocycles. The minimum Gasteiger partial charge on any atom is -0.337 e. The number of nitriles is 1. The van der Waals surface area contributed by atoms with Crippen molar-refractivity contribution in [2.24, 2.45) is 0 Å². The summed E-state index contributed by atoms with van der Waals surface area (Å²) in [5.41, 5.74) is 2.40. The zero-order valence-corrected chi connectivity index (χ0v) is 14.7. The van der Waals surface area contributed by atoms with Gasteiger partial charge in [0.2, 0.25) is 0 Å². The second-order valence-electron chi connectivity index (χ2n) is 6.20. The van der Waals surface area contributed by atoms with Crippen molar-refractivity contribution >= 4 is 17.5 Å². The first-order valence-corrected chi connectivity index (χ1v) is 8.80. The molecule has 0 aliphatic carbocycles. The van der Waals surface area contributed by atoms with E-state index < -0.39 is 0 Å². The Kier molecular flexibility index (Phi) is 5.70. The van der Waals surface area contributed by atoms with E-state index in [9.17, 15) is 10.1 Å². The number of nitrogens with zero attached hydrogens (tertiary/aromatic N) is 3. The van der Waals surface area contributed by atoms with Crippen molar-refractivity contribution in [3.8, 4) is 6.07 Å². The SMILES string of the molecule is N#Cc1ccccc1CN1CCCN(C(=O)c2cccc(Cl)c2)CC1. The molecule has 0 radical (unpaired) electrons. The van der Waals surface area contributed by atoms with Crippen LogP contribution in [0.1, 0.15) is 27.9 Å². The zero-order valence-electron chi connectivity index (χ0n) is 14.0. The zero-order chi connectivity index (χ0) is 17.6. The van der Waals surface area contributed by atoms with Gasteiger partial charge in [0, 0.05) is 43.3 Å². The molecular formula is C20H20ClN3O. The Bertz CT molecular complexity index is 800. The van der Waals surface area contributed by atoms with Crippen LogP contribution < -0.4 is 0 Å². The standard InChI is InChI=1S/C20H20ClN3O/c21-19-8-3-7-16(13-19)20(25)24-10-4-9-23(11-12-24)15-18-6-2-1-5-17(18)14-22/h1-3,5-8,13H,4,9-12,15H2. The van der Waals surface area contributed by atoms with E-state index in [4.69, 9.17) is 11.6 Å². The van der Waals surface area contributed by atoms with Gasteiger partial charge in [-0.2, -0.15) is 5.26 Å². The number of benzene rings is 2. The minimum atomic E-state index is 0.0294. The molecule has 2 aromatic rings. The monoisotopic (exact) mass is 353 g/mol. The van der Waals surface area contributed by atoms with E-state index in [0.29, 0.717) is 17.1 Å². The lowest BCUT2D eigenvalue weighted by Gasteiger charge is -2.22. The maximum Gasteiger partial charge on any atom is 0.253 e. The molecule has 3 rings (SSSR count). The van der Waals surface area contributed by atoms with Crippen LogP contribution in [0.15, 0.2) is 48.5 Å². The van der Waals surface area contributed by atoms with Gasteiger partial charge in [-0.1, -0.05) is 35.9 Å². The summed E-state index contributed by atoms with van der Waals surface area (Å²) < 4.78 is 0. The lowest BCUT2D eigenvalue weighted by molar-refractivity contribution is 0.0761. The van der Waals surface area contributed by atoms with Crippen molar-refractivity contribution in [1.82, 2.24) is 9.80 Å². The van der Waals surface area contributed by atoms with Crippen LogP contribution in [0.2, 0.25) is 5.02 Å². The first-order chi connectivity index (χ1) is 12.2. The number of rotatable bonds is 3. The smallest absolute Gasteiger partial charge is 0.253 e. The molecule has 128 valence electrons. The fraction of sp³-hybridized carbons (Fsp3) is 0.300. The van der Waals surface area contributed by atoms with Crippen LogP contribution in [-0.2, 0) is 6.54 Å². The van der Waals surface area contributed by atoms with Gasteiger partial charge in [-0.25, -0.2) is 0 Å². The van der Waals surface area contributed by atoms with Crippen molar-refractivity contribution in [3.05, 3.63) is 70.2 Å². The molecular weight excluding hydrogens is 334 g/mol. The highest BCUT2D eigenvalue weighted by Crippen LogP contribution is 2.16. The molecule has 0 spiro atoms. The summed E-state index contributed by atoms with van der Waals surface area (Å²) in [6.07, 6.45) is 0.918. The Hall–Kier alpha value is -2.35. The predicted octanol–water partition coefficient (Wildman–Crippen LogP) is 3.56. The van der Waals surface area contributed by atoms with Crippen LogP contribution in [0.5, 0.6) is 0 Å². The van der Waals surface area contributed by atoms with E-state index in [-0.39, 0.29) is 5.91 Å². The van der Waals surface area contributed by atoms with Gasteiger partial charge in [-0.15, -0.1) is 0 Å². The maximum atomic E-state index is 12.7. The summed E-state index contributed by atoms with van der Waals surface area (Å²) in [7, 11) is 0. The van der Waals surface area contributed by atoms with Crippen molar-refractivity contribution in [2.75, 3.05) is 26.2 Å². The second kappa shape index (κ2) is 8.15. The largest absolute Gasteiger partial charge is 0.337 e. The maximum absolute atomic E-state index is 12.7. The molecule has 1 amide bonds. The molecule has 0 N–H and O–H groups in total. The Morgan fingerprint density at radius 2 is 1.92 bits per heavy atom. The minimum absolute atomic E-state index is 0.0294. The molecule has 25 heavy (non-hydrogen) atoms. The second-order valence-corrected chi connectivity index (χ2v) is 6.64. The van der Waals surface area contributed by atoms with Gasteiger partial charge in [0.25, 0.3) is 5.91 Å². The first kappa shape index (κ1) is 17.5. The van der Waals surface area contributed by atoms with Crippen LogP contribution in [0.25, 0.3) is 0 Å². The lowest BCUT2D eigenvalue weighted by atomic mass is 10.1. The highest BCUT2D eigenvalue weighted by Gasteiger charge is 2.21. The van der Waals surface area contributed by atoms with Crippen molar-refractivity contribution < 1.29 is 4.79 Å². The number of halogens is 1. The molecule has 5 heteroatoms. The molecule has 0 atom stereocenters. The molecule has 0 aromatic heterocycles. The molecule has 0 unspecified atom stereocenters. The van der Waals surface area contributed by atoms with Gasteiger partial charge >= 0.3 is 0 Å². The van der Waals surface area contributed by atoms with Crippen LogP contribution in [0, 0.1) is 11.3 Å². The topological polar surface area (TPSA) is 47.3 Å². The molecule has 1 aliphatic heterocycles.